The van der Waals surface area contributed by atoms with Crippen molar-refractivity contribution in [2.75, 3.05) is 38.1 Å². The van der Waals surface area contributed by atoms with Crippen molar-refractivity contribution in [3.05, 3.63) is 41.7 Å². The van der Waals surface area contributed by atoms with E-state index in [1.165, 1.54) is 16.8 Å². The summed E-state index contributed by atoms with van der Waals surface area (Å²) >= 11 is 0. The highest BCUT2D eigenvalue weighted by atomic mass is 16.5. The van der Waals surface area contributed by atoms with Crippen molar-refractivity contribution in [3.63, 3.8) is 0 Å². The van der Waals surface area contributed by atoms with E-state index in [2.05, 4.69) is 56.9 Å². The number of aliphatic hydroxyl groups is 1. The number of nitrogens with one attached hydrogen (secondary N) is 1. The number of hydrogen-bond acceptors (Lipinski definition) is 5. The van der Waals surface area contributed by atoms with Gasteiger partial charge in [-0.15, -0.1) is 0 Å². The van der Waals surface area contributed by atoms with E-state index in [9.17, 15) is 5.11 Å². The highest BCUT2D eigenvalue weighted by molar-refractivity contribution is 5.96. The van der Waals surface area contributed by atoms with Gasteiger partial charge in [0.05, 0.1) is 17.1 Å². The molecule has 1 unspecified atom stereocenters. The first-order valence-corrected chi connectivity index (χ1v) is 10.5. The Morgan fingerprint density at radius 2 is 2.07 bits per heavy atom. The normalized spacial score (nSPS) is 17.0. The molecule has 0 saturated carbocycles. The Kier molecular flexibility index (Phi) is 4.86. The summed E-state index contributed by atoms with van der Waals surface area (Å²) in [6.45, 7) is 6.55. The topological polar surface area (TPSA) is 64.6 Å². The smallest absolute Gasteiger partial charge is 0.142 e. The van der Waals surface area contributed by atoms with E-state index in [1.54, 1.807) is 6.92 Å². The summed E-state index contributed by atoms with van der Waals surface area (Å²) in [5.74, 6) is 7.03. The van der Waals surface area contributed by atoms with Crippen LogP contribution in [0.4, 0.5) is 5.69 Å². The van der Waals surface area contributed by atoms with Crippen LogP contribution < -0.4 is 9.64 Å². The van der Waals surface area contributed by atoms with E-state index in [1.807, 2.05) is 12.4 Å². The largest absolute Gasteiger partial charge is 0.487 e. The van der Waals surface area contributed by atoms with Gasteiger partial charge in [-0.2, -0.15) is 0 Å². The van der Waals surface area contributed by atoms with Gasteiger partial charge < -0.3 is 24.6 Å². The van der Waals surface area contributed by atoms with Gasteiger partial charge in [-0.1, -0.05) is 17.9 Å². The second-order valence-electron chi connectivity index (χ2n) is 8.20. The van der Waals surface area contributed by atoms with Crippen LogP contribution in [0.2, 0.25) is 0 Å². The van der Waals surface area contributed by atoms with Crippen LogP contribution in [-0.2, 0) is 6.61 Å². The van der Waals surface area contributed by atoms with Crippen molar-refractivity contribution < 1.29 is 9.84 Å². The number of piperazine rings is 1. The molecule has 6 heteroatoms. The van der Waals surface area contributed by atoms with Crippen LogP contribution in [-0.4, -0.2) is 59.3 Å². The number of benzene rings is 1. The molecule has 2 aliphatic rings. The van der Waals surface area contributed by atoms with Crippen LogP contribution in [0.15, 0.2) is 30.6 Å². The van der Waals surface area contributed by atoms with Crippen LogP contribution in [0.3, 0.4) is 0 Å². The van der Waals surface area contributed by atoms with Crippen molar-refractivity contribution in [2.45, 2.75) is 26.1 Å². The second kappa shape index (κ2) is 7.67. The van der Waals surface area contributed by atoms with Gasteiger partial charge in [-0.3, -0.25) is 0 Å². The van der Waals surface area contributed by atoms with Gasteiger partial charge in [-0.25, -0.2) is 4.98 Å². The predicted octanol–water partition coefficient (Wildman–Crippen LogP) is 3.00. The molecule has 30 heavy (non-hydrogen) atoms. The molecule has 2 N–H and O–H groups in total. The summed E-state index contributed by atoms with van der Waals surface area (Å²) in [5.41, 5.74) is 6.26. The second-order valence-corrected chi connectivity index (χ2v) is 8.20. The zero-order valence-electron chi connectivity index (χ0n) is 17.4. The first kappa shape index (κ1) is 19.0. The van der Waals surface area contributed by atoms with E-state index in [4.69, 9.17) is 4.74 Å². The SMILES string of the molecule is CC(O)CC#Cc1c[nH]c2ncc3c(c12)OCc1cc(N2CCN(C)CC2)ccc1-3. The monoisotopic (exact) mass is 402 g/mol. The van der Waals surface area contributed by atoms with E-state index in [0.717, 1.165) is 54.1 Å². The summed E-state index contributed by atoms with van der Waals surface area (Å²) in [5, 5.41) is 10.4. The molecule has 2 aliphatic heterocycles. The summed E-state index contributed by atoms with van der Waals surface area (Å²) in [4.78, 5) is 12.6. The standard InChI is InChI=1S/C24H26N4O2/c1-16(29)4-3-5-17-13-25-24-22(17)23-21(14-26-24)20-7-6-19(12-18(20)15-30-23)28-10-8-27(2)9-11-28/h6-7,12-14,16,29H,4,8-11,15H2,1-2H3,(H,25,26). The lowest BCUT2D eigenvalue weighted by atomic mass is 9.96. The molecule has 1 saturated heterocycles. The number of fused-ring (bicyclic) bond motifs is 5. The van der Waals surface area contributed by atoms with Gasteiger partial charge in [0.2, 0.25) is 0 Å². The predicted molar refractivity (Wildman–Crippen MR) is 119 cm³/mol. The van der Waals surface area contributed by atoms with Crippen molar-refractivity contribution in [3.8, 4) is 28.7 Å². The minimum Gasteiger partial charge on any atom is -0.487 e. The molecule has 1 aromatic carbocycles. The number of anilines is 1. The van der Waals surface area contributed by atoms with Crippen molar-refractivity contribution in [1.29, 1.82) is 0 Å². The van der Waals surface area contributed by atoms with E-state index >= 15 is 0 Å². The Balaban J connectivity index is 1.52. The molecule has 0 radical (unpaired) electrons. The maximum absolute atomic E-state index is 9.47. The Bertz CT molecular complexity index is 1150. The molecular weight excluding hydrogens is 376 g/mol. The van der Waals surface area contributed by atoms with Crippen LogP contribution >= 0.6 is 0 Å². The summed E-state index contributed by atoms with van der Waals surface area (Å²) < 4.78 is 6.25. The Hall–Kier alpha value is -3.01. The highest BCUT2D eigenvalue weighted by Gasteiger charge is 2.24. The number of likely N-dealkylation sites (N-methyl/N-ethyl adjacent to an activating group) is 1. The highest BCUT2D eigenvalue weighted by Crippen LogP contribution is 2.43. The summed E-state index contributed by atoms with van der Waals surface area (Å²) in [6, 6.07) is 6.67. The van der Waals surface area contributed by atoms with Crippen LogP contribution in [0.25, 0.3) is 22.2 Å². The van der Waals surface area contributed by atoms with Crippen LogP contribution in [0.5, 0.6) is 5.75 Å². The zero-order chi connectivity index (χ0) is 20.7. The van der Waals surface area contributed by atoms with E-state index in [-0.39, 0.29) is 0 Å². The Labute approximate surface area is 176 Å². The first-order chi connectivity index (χ1) is 14.6. The average molecular weight is 402 g/mol. The molecule has 0 spiro atoms. The number of H-pyrrole nitrogens is 1. The lowest BCUT2D eigenvalue weighted by molar-refractivity contribution is 0.201. The fraction of sp³-hybridized carbons (Fsp3) is 0.375. The number of nitrogens with zero attached hydrogens (tertiary/aromatic N) is 3. The average Bonchev–Trinajstić information content (AvgIpc) is 3.17. The quantitative estimate of drug-likeness (QED) is 0.645. The van der Waals surface area contributed by atoms with Crippen molar-refractivity contribution in [2.24, 2.45) is 0 Å². The fourth-order valence-corrected chi connectivity index (χ4v) is 4.17. The molecule has 2 aromatic heterocycles. The molecule has 154 valence electrons. The third-order valence-corrected chi connectivity index (χ3v) is 5.89. The van der Waals surface area contributed by atoms with Crippen molar-refractivity contribution >= 4 is 16.7 Å². The van der Waals surface area contributed by atoms with Gasteiger partial charge in [0.25, 0.3) is 0 Å². The minimum absolute atomic E-state index is 0.438. The molecule has 1 fully saturated rings. The van der Waals surface area contributed by atoms with Gasteiger partial charge in [-0.05, 0) is 37.2 Å². The summed E-state index contributed by atoms with van der Waals surface area (Å²) in [7, 11) is 2.17. The lowest BCUT2D eigenvalue weighted by Crippen LogP contribution is -2.44. The molecular formula is C24H26N4O2. The fourth-order valence-electron chi connectivity index (χ4n) is 4.17. The molecule has 3 aromatic rings. The molecule has 0 bridgehead atoms. The number of aliphatic hydroxyl groups excluding tert-OH is 1. The number of ether oxygens (including phenoxy) is 1. The number of pyridine rings is 1. The zero-order valence-corrected chi connectivity index (χ0v) is 17.4. The number of rotatable bonds is 2. The maximum atomic E-state index is 9.47. The third-order valence-electron chi connectivity index (χ3n) is 5.89. The molecule has 0 amide bonds. The third kappa shape index (κ3) is 3.41. The van der Waals surface area contributed by atoms with E-state index in [0.29, 0.717) is 13.0 Å². The minimum atomic E-state index is -0.438. The van der Waals surface area contributed by atoms with Crippen LogP contribution in [0.1, 0.15) is 24.5 Å². The molecule has 5 rings (SSSR count). The summed E-state index contributed by atoms with van der Waals surface area (Å²) in [6.07, 6.45) is 3.75. The van der Waals surface area contributed by atoms with Gasteiger partial charge >= 0.3 is 0 Å². The number of hydrogen-bond donors (Lipinski definition) is 2. The lowest BCUT2D eigenvalue weighted by Gasteiger charge is -2.34. The molecule has 6 nitrogen and oxygen atoms in total. The van der Waals surface area contributed by atoms with Gasteiger partial charge in [0, 0.05) is 56.2 Å². The maximum Gasteiger partial charge on any atom is 0.142 e. The van der Waals surface area contributed by atoms with Gasteiger partial charge in [0.15, 0.2) is 0 Å². The number of aromatic amines is 1. The molecule has 0 aliphatic carbocycles. The molecule has 1 atom stereocenters. The Morgan fingerprint density at radius 1 is 1.23 bits per heavy atom. The first-order valence-electron chi connectivity index (χ1n) is 10.5. The van der Waals surface area contributed by atoms with Crippen LogP contribution in [0, 0.1) is 11.8 Å². The van der Waals surface area contributed by atoms with E-state index < -0.39 is 6.10 Å². The van der Waals surface area contributed by atoms with Crippen molar-refractivity contribution in [1.82, 2.24) is 14.9 Å². The van der Waals surface area contributed by atoms with Gasteiger partial charge in [0.1, 0.15) is 18.0 Å². The molecule has 4 heterocycles. The number of aromatic nitrogens is 2. The Morgan fingerprint density at radius 3 is 2.87 bits per heavy atom.